The minimum absolute atomic E-state index is 0.00501. The predicted molar refractivity (Wildman–Crippen MR) is 85.6 cm³/mol. The molecular weight excluding hydrogens is 264 g/mol. The van der Waals surface area contributed by atoms with Gasteiger partial charge in [0, 0.05) is 25.2 Å². The molecule has 1 fully saturated rings. The summed E-state index contributed by atoms with van der Waals surface area (Å²) in [5.41, 5.74) is 7.57. The molecule has 1 aliphatic heterocycles. The summed E-state index contributed by atoms with van der Waals surface area (Å²) in [7, 11) is 3.83. The third-order valence-electron chi connectivity index (χ3n) is 4.52. The molecule has 4 heteroatoms. The van der Waals surface area contributed by atoms with Gasteiger partial charge in [0.25, 0.3) is 0 Å². The van der Waals surface area contributed by atoms with Crippen molar-refractivity contribution in [1.82, 2.24) is 4.90 Å². The Kier molecular flexibility index (Phi) is 6.03. The highest BCUT2D eigenvalue weighted by Gasteiger charge is 2.23. The Morgan fingerprint density at radius 2 is 2.10 bits per heavy atom. The first-order valence-electron chi connectivity index (χ1n) is 7.79. The first-order valence-corrected chi connectivity index (χ1v) is 7.79. The van der Waals surface area contributed by atoms with Crippen LogP contribution in [-0.2, 0) is 4.74 Å². The average Bonchev–Trinajstić information content (AvgIpc) is 2.54. The quantitative estimate of drug-likeness (QED) is 0.875. The number of hydrogen-bond donors (Lipinski definition) is 1. The third kappa shape index (κ3) is 4.43. The SMILES string of the molecule is COc1ccc(C(N)C(C)N(C)CC2CCCOC2)cc1. The monoisotopic (exact) mass is 292 g/mol. The minimum atomic E-state index is 0.00501. The van der Waals surface area contributed by atoms with E-state index in [2.05, 4.69) is 31.0 Å². The molecule has 0 aromatic heterocycles. The van der Waals surface area contributed by atoms with Crippen molar-refractivity contribution in [2.45, 2.75) is 31.8 Å². The molecule has 1 aromatic carbocycles. The Balaban J connectivity index is 1.91. The average molecular weight is 292 g/mol. The van der Waals surface area contributed by atoms with Crippen LogP contribution in [0.2, 0.25) is 0 Å². The number of ether oxygens (including phenoxy) is 2. The molecule has 0 radical (unpaired) electrons. The standard InChI is InChI=1S/C17H28N2O2/c1-13(19(2)11-14-5-4-10-21-12-14)17(18)15-6-8-16(20-3)9-7-15/h6-9,13-14,17H,4-5,10-12,18H2,1-3H3. The fourth-order valence-corrected chi connectivity index (χ4v) is 2.90. The van der Waals surface area contributed by atoms with E-state index in [-0.39, 0.29) is 6.04 Å². The molecule has 2 N–H and O–H groups in total. The van der Waals surface area contributed by atoms with E-state index >= 15 is 0 Å². The van der Waals surface area contributed by atoms with Crippen LogP contribution in [0.3, 0.4) is 0 Å². The van der Waals surface area contributed by atoms with E-state index in [1.54, 1.807) is 7.11 Å². The Bertz CT molecular complexity index is 415. The molecule has 1 heterocycles. The smallest absolute Gasteiger partial charge is 0.118 e. The van der Waals surface area contributed by atoms with E-state index in [9.17, 15) is 0 Å². The number of methoxy groups -OCH3 is 1. The first kappa shape index (κ1) is 16.3. The van der Waals surface area contributed by atoms with Crippen molar-refractivity contribution in [3.05, 3.63) is 29.8 Å². The lowest BCUT2D eigenvalue weighted by atomic mass is 9.97. The number of likely N-dealkylation sites (N-methyl/N-ethyl adjacent to an activating group) is 1. The highest BCUT2D eigenvalue weighted by atomic mass is 16.5. The van der Waals surface area contributed by atoms with Gasteiger partial charge >= 0.3 is 0 Å². The van der Waals surface area contributed by atoms with Crippen molar-refractivity contribution in [3.8, 4) is 5.75 Å². The van der Waals surface area contributed by atoms with Crippen LogP contribution in [0.4, 0.5) is 0 Å². The second kappa shape index (κ2) is 7.78. The van der Waals surface area contributed by atoms with Crippen LogP contribution >= 0.6 is 0 Å². The van der Waals surface area contributed by atoms with E-state index in [1.807, 2.05) is 12.1 Å². The molecule has 1 aromatic rings. The molecule has 0 bridgehead atoms. The maximum absolute atomic E-state index is 6.42. The Labute approximate surface area is 128 Å². The lowest BCUT2D eigenvalue weighted by molar-refractivity contribution is 0.0355. The number of nitrogens with zero attached hydrogens (tertiary/aromatic N) is 1. The number of nitrogens with two attached hydrogens (primary N) is 1. The molecule has 118 valence electrons. The van der Waals surface area contributed by atoms with Crippen molar-refractivity contribution in [1.29, 1.82) is 0 Å². The predicted octanol–water partition coefficient (Wildman–Crippen LogP) is 2.44. The minimum Gasteiger partial charge on any atom is -0.497 e. The molecule has 1 saturated heterocycles. The number of rotatable bonds is 6. The van der Waals surface area contributed by atoms with Gasteiger partial charge in [0.1, 0.15) is 5.75 Å². The van der Waals surface area contributed by atoms with Gasteiger partial charge in [0.2, 0.25) is 0 Å². The summed E-state index contributed by atoms with van der Waals surface area (Å²) in [6.45, 7) is 5.04. The molecule has 3 atom stereocenters. The van der Waals surface area contributed by atoms with E-state index in [4.69, 9.17) is 15.2 Å². The summed E-state index contributed by atoms with van der Waals surface area (Å²) in [6, 6.07) is 8.34. The molecule has 0 aliphatic carbocycles. The third-order valence-corrected chi connectivity index (χ3v) is 4.52. The van der Waals surface area contributed by atoms with Crippen molar-refractivity contribution < 1.29 is 9.47 Å². The van der Waals surface area contributed by atoms with Gasteiger partial charge in [-0.15, -0.1) is 0 Å². The largest absolute Gasteiger partial charge is 0.497 e. The van der Waals surface area contributed by atoms with Crippen molar-refractivity contribution in [2.24, 2.45) is 11.7 Å². The van der Waals surface area contributed by atoms with Gasteiger partial charge in [-0.05, 0) is 50.4 Å². The van der Waals surface area contributed by atoms with Crippen LogP contribution in [0.1, 0.15) is 31.4 Å². The second-order valence-electron chi connectivity index (χ2n) is 6.06. The second-order valence-corrected chi connectivity index (χ2v) is 6.06. The normalized spacial score (nSPS) is 22.0. The molecule has 2 rings (SSSR count). The molecule has 3 unspecified atom stereocenters. The number of benzene rings is 1. The van der Waals surface area contributed by atoms with Crippen LogP contribution in [0.25, 0.3) is 0 Å². The maximum Gasteiger partial charge on any atom is 0.118 e. The zero-order valence-corrected chi connectivity index (χ0v) is 13.4. The van der Waals surface area contributed by atoms with Gasteiger partial charge in [0.05, 0.1) is 13.7 Å². The summed E-state index contributed by atoms with van der Waals surface area (Å²) in [6.07, 6.45) is 2.44. The van der Waals surface area contributed by atoms with Crippen LogP contribution in [0.15, 0.2) is 24.3 Å². The number of hydrogen-bond acceptors (Lipinski definition) is 4. The van der Waals surface area contributed by atoms with Crippen molar-refractivity contribution in [3.63, 3.8) is 0 Å². The van der Waals surface area contributed by atoms with Crippen LogP contribution in [0, 0.1) is 5.92 Å². The van der Waals surface area contributed by atoms with Gasteiger partial charge in [0.15, 0.2) is 0 Å². The molecule has 21 heavy (non-hydrogen) atoms. The Morgan fingerprint density at radius 3 is 2.67 bits per heavy atom. The summed E-state index contributed by atoms with van der Waals surface area (Å²) in [5.74, 6) is 1.50. The molecule has 0 amide bonds. The summed E-state index contributed by atoms with van der Waals surface area (Å²) in [5, 5.41) is 0. The lowest BCUT2D eigenvalue weighted by Gasteiger charge is -2.34. The summed E-state index contributed by atoms with van der Waals surface area (Å²) < 4.78 is 10.8. The van der Waals surface area contributed by atoms with E-state index in [1.165, 1.54) is 12.8 Å². The van der Waals surface area contributed by atoms with Crippen molar-refractivity contribution in [2.75, 3.05) is 33.9 Å². The van der Waals surface area contributed by atoms with Crippen LogP contribution in [-0.4, -0.2) is 44.9 Å². The molecule has 1 aliphatic rings. The lowest BCUT2D eigenvalue weighted by Crippen LogP contribution is -2.42. The zero-order chi connectivity index (χ0) is 15.2. The van der Waals surface area contributed by atoms with Crippen molar-refractivity contribution >= 4 is 0 Å². The van der Waals surface area contributed by atoms with Gasteiger partial charge in [-0.25, -0.2) is 0 Å². The van der Waals surface area contributed by atoms with Gasteiger partial charge in [-0.3, -0.25) is 0 Å². The fourth-order valence-electron chi connectivity index (χ4n) is 2.90. The van der Waals surface area contributed by atoms with E-state index in [0.29, 0.717) is 12.0 Å². The van der Waals surface area contributed by atoms with Gasteiger partial charge in [-0.2, -0.15) is 0 Å². The Morgan fingerprint density at radius 1 is 1.38 bits per heavy atom. The van der Waals surface area contributed by atoms with Crippen LogP contribution < -0.4 is 10.5 Å². The fraction of sp³-hybridized carbons (Fsp3) is 0.647. The van der Waals surface area contributed by atoms with Gasteiger partial charge in [-0.1, -0.05) is 12.1 Å². The summed E-state index contributed by atoms with van der Waals surface area (Å²) in [4.78, 5) is 2.36. The maximum atomic E-state index is 6.42. The van der Waals surface area contributed by atoms with Crippen LogP contribution in [0.5, 0.6) is 5.75 Å². The van der Waals surface area contributed by atoms with Gasteiger partial charge < -0.3 is 20.1 Å². The molecule has 0 saturated carbocycles. The highest BCUT2D eigenvalue weighted by Crippen LogP contribution is 2.22. The Hall–Kier alpha value is -1.10. The molecule has 0 spiro atoms. The topological polar surface area (TPSA) is 47.7 Å². The highest BCUT2D eigenvalue weighted by molar-refractivity contribution is 5.29. The first-order chi connectivity index (χ1) is 10.1. The molecular formula is C17H28N2O2. The molecule has 4 nitrogen and oxygen atoms in total. The van der Waals surface area contributed by atoms with E-state index in [0.717, 1.165) is 31.1 Å². The zero-order valence-electron chi connectivity index (χ0n) is 13.4. The summed E-state index contributed by atoms with van der Waals surface area (Å²) >= 11 is 0. The van der Waals surface area contributed by atoms with E-state index < -0.39 is 0 Å².